The summed E-state index contributed by atoms with van der Waals surface area (Å²) in [7, 11) is -3.72. The third-order valence-electron chi connectivity index (χ3n) is 4.81. The van der Waals surface area contributed by atoms with Crippen LogP contribution < -0.4 is 10.1 Å². The first-order valence-electron chi connectivity index (χ1n) is 9.31. The largest absolute Gasteiger partial charge is 0.487 e. The van der Waals surface area contributed by atoms with Gasteiger partial charge < -0.3 is 10.1 Å². The van der Waals surface area contributed by atoms with E-state index in [0.717, 1.165) is 16.1 Å². The zero-order valence-electron chi connectivity index (χ0n) is 16.7. The number of nitrogens with zero attached hydrogens (tertiary/aromatic N) is 1. The number of nitrogens with one attached hydrogen (secondary N) is 1. The van der Waals surface area contributed by atoms with Crippen LogP contribution in [-0.2, 0) is 21.4 Å². The molecule has 0 aromatic heterocycles. The van der Waals surface area contributed by atoms with Crippen LogP contribution in [0, 0.1) is 5.82 Å². The molecule has 8 heteroatoms. The monoisotopic (exact) mass is 420 g/mol. The highest BCUT2D eigenvalue weighted by molar-refractivity contribution is 7.88. The summed E-state index contributed by atoms with van der Waals surface area (Å²) in [6.45, 7) is 3.26. The number of benzene rings is 2. The molecule has 2 aromatic carbocycles. The maximum absolute atomic E-state index is 14.0. The Labute approximate surface area is 170 Å². The van der Waals surface area contributed by atoms with Crippen LogP contribution in [-0.4, -0.2) is 37.0 Å². The third kappa shape index (κ3) is 5.33. The standard InChI is InChI=1S/C21H25FN2O4S/c1-21(2)12-18(16-9-5-7-11-19(16)28-21)23-20(25)14-24(29(3,26)27)13-15-8-4-6-10-17(15)22/h4-11,18H,12-14H2,1-3H3,(H,23,25)/t18-/m1/s1. The van der Waals surface area contributed by atoms with Gasteiger partial charge in [-0.1, -0.05) is 36.4 Å². The van der Waals surface area contributed by atoms with E-state index in [9.17, 15) is 17.6 Å². The quantitative estimate of drug-likeness (QED) is 0.780. The van der Waals surface area contributed by atoms with Crippen molar-refractivity contribution in [1.82, 2.24) is 9.62 Å². The highest BCUT2D eigenvalue weighted by Gasteiger charge is 2.34. The lowest BCUT2D eigenvalue weighted by molar-refractivity contribution is -0.122. The highest BCUT2D eigenvalue weighted by atomic mass is 32.2. The third-order valence-corrected chi connectivity index (χ3v) is 6.00. The average Bonchev–Trinajstić information content (AvgIpc) is 2.61. The van der Waals surface area contributed by atoms with Crippen LogP contribution in [0.5, 0.6) is 5.75 Å². The molecule has 0 aliphatic carbocycles. The van der Waals surface area contributed by atoms with Gasteiger partial charge in [-0.15, -0.1) is 0 Å². The first-order valence-corrected chi connectivity index (χ1v) is 11.2. The number of ether oxygens (including phenoxy) is 1. The highest BCUT2D eigenvalue weighted by Crippen LogP contribution is 2.39. The van der Waals surface area contributed by atoms with E-state index in [2.05, 4.69) is 5.32 Å². The SMILES string of the molecule is CC1(C)C[C@@H](NC(=O)CN(Cc2ccccc2F)S(C)(=O)=O)c2ccccc2O1. The normalized spacial score (nSPS) is 18.0. The molecular formula is C21H25FN2O4S. The molecular weight excluding hydrogens is 395 g/mol. The molecule has 1 atom stereocenters. The van der Waals surface area contributed by atoms with Crippen LogP contribution >= 0.6 is 0 Å². The number of carbonyl (C=O) groups excluding carboxylic acids is 1. The molecule has 0 radical (unpaired) electrons. The lowest BCUT2D eigenvalue weighted by atomic mass is 9.89. The van der Waals surface area contributed by atoms with Gasteiger partial charge in [0.1, 0.15) is 17.2 Å². The van der Waals surface area contributed by atoms with Crippen molar-refractivity contribution in [3.05, 3.63) is 65.5 Å². The van der Waals surface area contributed by atoms with Crippen molar-refractivity contribution in [2.75, 3.05) is 12.8 Å². The number of sulfonamides is 1. The molecule has 1 heterocycles. The van der Waals surface area contributed by atoms with Crippen molar-refractivity contribution in [2.45, 2.75) is 38.5 Å². The van der Waals surface area contributed by atoms with E-state index >= 15 is 0 Å². The number of para-hydroxylation sites is 1. The van der Waals surface area contributed by atoms with Gasteiger partial charge in [0.05, 0.1) is 18.8 Å². The first-order chi connectivity index (χ1) is 13.5. The predicted molar refractivity (Wildman–Crippen MR) is 108 cm³/mol. The zero-order chi connectivity index (χ0) is 21.2. The number of halogens is 1. The van der Waals surface area contributed by atoms with E-state index in [-0.39, 0.29) is 18.2 Å². The summed E-state index contributed by atoms with van der Waals surface area (Å²) in [5.74, 6) is -0.272. The van der Waals surface area contributed by atoms with Crippen molar-refractivity contribution in [2.24, 2.45) is 0 Å². The number of hydrogen-bond acceptors (Lipinski definition) is 4. The van der Waals surface area contributed by atoms with E-state index in [0.29, 0.717) is 12.2 Å². The Hall–Kier alpha value is -2.45. The van der Waals surface area contributed by atoms with Gasteiger partial charge in [0.25, 0.3) is 0 Å². The van der Waals surface area contributed by atoms with Crippen molar-refractivity contribution in [3.63, 3.8) is 0 Å². The molecule has 0 bridgehead atoms. The van der Waals surface area contributed by atoms with Gasteiger partial charge in [-0.25, -0.2) is 12.8 Å². The zero-order valence-corrected chi connectivity index (χ0v) is 17.5. The molecule has 156 valence electrons. The molecule has 0 spiro atoms. The fourth-order valence-electron chi connectivity index (χ4n) is 3.44. The average molecular weight is 421 g/mol. The number of fused-ring (bicyclic) bond motifs is 1. The number of hydrogen-bond donors (Lipinski definition) is 1. The Morgan fingerprint density at radius 3 is 2.55 bits per heavy atom. The topological polar surface area (TPSA) is 75.7 Å². The van der Waals surface area contributed by atoms with Gasteiger partial charge in [0, 0.05) is 24.1 Å². The maximum Gasteiger partial charge on any atom is 0.235 e. The molecule has 29 heavy (non-hydrogen) atoms. The van der Waals surface area contributed by atoms with Crippen molar-refractivity contribution >= 4 is 15.9 Å². The summed E-state index contributed by atoms with van der Waals surface area (Å²) < 4.78 is 45.3. The van der Waals surface area contributed by atoms with Crippen molar-refractivity contribution in [1.29, 1.82) is 0 Å². The minimum absolute atomic E-state index is 0.211. The van der Waals surface area contributed by atoms with Crippen LogP contribution in [0.4, 0.5) is 4.39 Å². The van der Waals surface area contributed by atoms with Gasteiger partial charge in [0.2, 0.25) is 15.9 Å². The van der Waals surface area contributed by atoms with E-state index in [1.54, 1.807) is 6.07 Å². The second-order valence-electron chi connectivity index (χ2n) is 7.85. The smallest absolute Gasteiger partial charge is 0.235 e. The van der Waals surface area contributed by atoms with Crippen LogP contribution in [0.3, 0.4) is 0 Å². The molecule has 1 aliphatic heterocycles. The molecule has 6 nitrogen and oxygen atoms in total. The van der Waals surface area contributed by atoms with Crippen LogP contribution in [0.2, 0.25) is 0 Å². The van der Waals surface area contributed by atoms with Crippen molar-refractivity contribution < 1.29 is 22.3 Å². The second kappa shape index (κ2) is 8.12. The Morgan fingerprint density at radius 2 is 1.86 bits per heavy atom. The number of amides is 1. The summed E-state index contributed by atoms with van der Waals surface area (Å²) in [5.41, 5.74) is 0.583. The summed E-state index contributed by atoms with van der Waals surface area (Å²) in [6, 6.07) is 13.1. The second-order valence-corrected chi connectivity index (χ2v) is 9.83. The summed E-state index contributed by atoms with van der Waals surface area (Å²) in [6.07, 6.45) is 1.55. The predicted octanol–water partition coefficient (Wildman–Crippen LogP) is 3.01. The number of rotatable bonds is 6. The Kier molecular flexibility index (Phi) is 5.95. The fourth-order valence-corrected chi connectivity index (χ4v) is 4.16. The summed E-state index contributed by atoms with van der Waals surface area (Å²) in [4.78, 5) is 12.7. The molecule has 3 rings (SSSR count). The Bertz CT molecular complexity index is 1010. The molecule has 1 amide bonds. The molecule has 0 unspecified atom stereocenters. The summed E-state index contributed by atoms with van der Waals surface area (Å²) in [5, 5.41) is 2.91. The Morgan fingerprint density at radius 1 is 1.21 bits per heavy atom. The fraction of sp³-hybridized carbons (Fsp3) is 0.381. The molecule has 1 aliphatic rings. The van der Waals surface area contributed by atoms with Crippen LogP contribution in [0.25, 0.3) is 0 Å². The van der Waals surface area contributed by atoms with Gasteiger partial charge in [-0.3, -0.25) is 4.79 Å². The molecule has 0 saturated heterocycles. The Balaban J connectivity index is 1.76. The molecule has 0 fully saturated rings. The van der Waals surface area contributed by atoms with E-state index in [1.165, 1.54) is 18.2 Å². The summed E-state index contributed by atoms with van der Waals surface area (Å²) >= 11 is 0. The lowest BCUT2D eigenvalue weighted by Gasteiger charge is -2.38. The van der Waals surface area contributed by atoms with E-state index in [4.69, 9.17) is 4.74 Å². The minimum atomic E-state index is -3.72. The van der Waals surface area contributed by atoms with E-state index in [1.807, 2.05) is 38.1 Å². The van der Waals surface area contributed by atoms with Crippen LogP contribution in [0.1, 0.15) is 37.4 Å². The van der Waals surface area contributed by atoms with E-state index < -0.39 is 33.9 Å². The number of carbonyl (C=O) groups is 1. The minimum Gasteiger partial charge on any atom is -0.487 e. The maximum atomic E-state index is 14.0. The van der Waals surface area contributed by atoms with Gasteiger partial charge in [-0.05, 0) is 26.0 Å². The lowest BCUT2D eigenvalue weighted by Crippen LogP contribution is -2.45. The van der Waals surface area contributed by atoms with Crippen molar-refractivity contribution in [3.8, 4) is 5.75 Å². The van der Waals surface area contributed by atoms with Crippen LogP contribution in [0.15, 0.2) is 48.5 Å². The molecule has 1 N–H and O–H groups in total. The first kappa shape index (κ1) is 21.3. The molecule has 0 saturated carbocycles. The molecule has 2 aromatic rings. The van der Waals surface area contributed by atoms with Gasteiger partial charge in [-0.2, -0.15) is 4.31 Å². The van der Waals surface area contributed by atoms with Gasteiger partial charge >= 0.3 is 0 Å². The van der Waals surface area contributed by atoms with Gasteiger partial charge in [0.15, 0.2) is 0 Å².